The van der Waals surface area contributed by atoms with E-state index in [0.29, 0.717) is 17.7 Å². The highest BCUT2D eigenvalue weighted by atomic mass is 16.5. The van der Waals surface area contributed by atoms with E-state index in [1.807, 2.05) is 24.3 Å². The molecule has 1 unspecified atom stereocenters. The zero-order chi connectivity index (χ0) is 14.7. The van der Waals surface area contributed by atoms with Gasteiger partial charge >= 0.3 is 5.97 Å². The summed E-state index contributed by atoms with van der Waals surface area (Å²) in [6, 6.07) is 9.73. The summed E-state index contributed by atoms with van der Waals surface area (Å²) in [5, 5.41) is 11.0. The van der Waals surface area contributed by atoms with Crippen molar-refractivity contribution >= 4 is 23.2 Å². The number of rotatable bonds is 5. The first-order chi connectivity index (χ1) is 9.60. The minimum absolute atomic E-state index is 0.512. The predicted molar refractivity (Wildman–Crippen MR) is 74.7 cm³/mol. The van der Waals surface area contributed by atoms with Crippen molar-refractivity contribution in [3.63, 3.8) is 0 Å². The largest absolute Gasteiger partial charge is 0.496 e. The van der Waals surface area contributed by atoms with Crippen molar-refractivity contribution in [2.24, 2.45) is 0 Å². The summed E-state index contributed by atoms with van der Waals surface area (Å²) in [5.74, 6) is -0.405. The van der Waals surface area contributed by atoms with Crippen LogP contribution in [0.2, 0.25) is 0 Å². The lowest BCUT2D eigenvalue weighted by Crippen LogP contribution is -2.29. The molecular weight excluding hydrogens is 258 g/mol. The Morgan fingerprint density at radius 1 is 1.25 bits per heavy atom. The molecule has 0 aromatic heterocycles. The number of ether oxygens (including phenoxy) is 1. The van der Waals surface area contributed by atoms with E-state index < -0.39 is 12.0 Å². The number of carbonyl (C=O) groups excluding carboxylic acids is 1. The third kappa shape index (κ3) is 2.30. The van der Waals surface area contributed by atoms with E-state index in [9.17, 15) is 14.7 Å². The molecule has 2 aromatic rings. The molecule has 104 valence electrons. The summed E-state index contributed by atoms with van der Waals surface area (Å²) in [6.45, 7) is 0. The number of benzene rings is 2. The number of carbonyl (C=O) groups is 2. The Morgan fingerprint density at radius 3 is 2.45 bits per heavy atom. The van der Waals surface area contributed by atoms with Crippen molar-refractivity contribution in [3.05, 3.63) is 42.0 Å². The minimum Gasteiger partial charge on any atom is -0.496 e. The Bertz CT molecular complexity index is 653. The molecule has 0 fully saturated rings. The molecule has 5 nitrogen and oxygen atoms in total. The highest BCUT2D eigenvalue weighted by Gasteiger charge is 2.26. The molecule has 1 amide bonds. The quantitative estimate of drug-likeness (QED) is 0.847. The summed E-state index contributed by atoms with van der Waals surface area (Å²) in [7, 11) is 3.01. The number of carboxylic acids is 1. The normalized spacial score (nSPS) is 11.9. The van der Waals surface area contributed by atoms with Crippen LogP contribution in [-0.4, -0.2) is 36.5 Å². The third-order valence-electron chi connectivity index (χ3n) is 3.24. The van der Waals surface area contributed by atoms with Crippen molar-refractivity contribution < 1.29 is 19.4 Å². The highest BCUT2D eigenvalue weighted by Crippen LogP contribution is 2.33. The lowest BCUT2D eigenvalue weighted by atomic mass is 9.97. The van der Waals surface area contributed by atoms with Crippen molar-refractivity contribution in [1.82, 2.24) is 4.90 Å². The number of hydrogen-bond donors (Lipinski definition) is 1. The first kappa shape index (κ1) is 13.9. The van der Waals surface area contributed by atoms with Crippen LogP contribution in [0.5, 0.6) is 5.75 Å². The Kier molecular flexibility index (Phi) is 3.89. The van der Waals surface area contributed by atoms with E-state index in [2.05, 4.69) is 0 Å². The maximum Gasteiger partial charge on any atom is 0.331 e. The van der Waals surface area contributed by atoms with Gasteiger partial charge in [0.2, 0.25) is 6.41 Å². The number of likely N-dealkylation sites (N-methyl/N-ethyl adjacent to an activating group) is 1. The number of aliphatic carboxylic acids is 1. The molecular formula is C15H15NO4. The zero-order valence-electron chi connectivity index (χ0n) is 11.2. The maximum absolute atomic E-state index is 11.5. The molecule has 2 rings (SSSR count). The van der Waals surface area contributed by atoms with E-state index in [1.54, 1.807) is 19.2 Å². The lowest BCUT2D eigenvalue weighted by molar-refractivity contribution is -0.145. The van der Waals surface area contributed by atoms with Gasteiger partial charge in [-0.05, 0) is 17.0 Å². The second-order valence-electron chi connectivity index (χ2n) is 4.41. The van der Waals surface area contributed by atoms with Crippen molar-refractivity contribution in [3.8, 4) is 5.75 Å². The van der Waals surface area contributed by atoms with Crippen LogP contribution in [0.25, 0.3) is 10.8 Å². The van der Waals surface area contributed by atoms with Crippen molar-refractivity contribution in [2.45, 2.75) is 6.04 Å². The van der Waals surface area contributed by atoms with Crippen LogP contribution in [0.15, 0.2) is 36.4 Å². The van der Waals surface area contributed by atoms with Gasteiger partial charge in [-0.2, -0.15) is 0 Å². The number of amides is 1. The summed E-state index contributed by atoms with van der Waals surface area (Å²) < 4.78 is 5.28. The average Bonchev–Trinajstić information content (AvgIpc) is 2.47. The van der Waals surface area contributed by atoms with Crippen molar-refractivity contribution in [1.29, 1.82) is 0 Å². The SMILES string of the molecule is COc1ccc(C(C(=O)O)N(C)C=O)c2ccccc12. The lowest BCUT2D eigenvalue weighted by Gasteiger charge is -2.22. The zero-order valence-corrected chi connectivity index (χ0v) is 11.2. The van der Waals surface area contributed by atoms with Gasteiger partial charge in [0.1, 0.15) is 5.75 Å². The molecule has 0 bridgehead atoms. The molecule has 0 spiro atoms. The van der Waals surface area contributed by atoms with Crippen LogP contribution in [-0.2, 0) is 9.59 Å². The molecule has 2 aromatic carbocycles. The van der Waals surface area contributed by atoms with Gasteiger partial charge in [0.15, 0.2) is 6.04 Å². The van der Waals surface area contributed by atoms with Gasteiger partial charge in [0.05, 0.1) is 7.11 Å². The maximum atomic E-state index is 11.5. The third-order valence-corrected chi connectivity index (χ3v) is 3.24. The van der Waals surface area contributed by atoms with Crippen LogP contribution >= 0.6 is 0 Å². The second-order valence-corrected chi connectivity index (χ2v) is 4.41. The van der Waals surface area contributed by atoms with E-state index in [4.69, 9.17) is 4.74 Å². The van der Waals surface area contributed by atoms with Gasteiger partial charge < -0.3 is 14.7 Å². The fourth-order valence-electron chi connectivity index (χ4n) is 2.30. The van der Waals surface area contributed by atoms with Crippen LogP contribution in [0.4, 0.5) is 0 Å². The number of methoxy groups -OCH3 is 1. The minimum atomic E-state index is -1.07. The number of hydrogen-bond acceptors (Lipinski definition) is 3. The Balaban J connectivity index is 2.70. The van der Waals surface area contributed by atoms with E-state index in [1.165, 1.54) is 7.05 Å². The molecule has 1 atom stereocenters. The first-order valence-corrected chi connectivity index (χ1v) is 6.05. The summed E-state index contributed by atoms with van der Waals surface area (Å²) in [4.78, 5) is 23.5. The van der Waals surface area contributed by atoms with Crippen LogP contribution in [0.3, 0.4) is 0 Å². The molecule has 0 aliphatic carbocycles. The standard InChI is InChI=1S/C15H15NO4/c1-16(9-17)14(15(18)19)12-7-8-13(20-2)11-6-4-3-5-10(11)12/h3-9,14H,1-2H3,(H,18,19). The van der Waals surface area contributed by atoms with E-state index >= 15 is 0 Å². The molecule has 0 aliphatic rings. The van der Waals surface area contributed by atoms with Gasteiger partial charge in [0.25, 0.3) is 0 Å². The highest BCUT2D eigenvalue weighted by molar-refractivity contribution is 5.94. The van der Waals surface area contributed by atoms with Crippen LogP contribution in [0, 0.1) is 0 Å². The van der Waals surface area contributed by atoms with Crippen LogP contribution in [0.1, 0.15) is 11.6 Å². The van der Waals surface area contributed by atoms with Gasteiger partial charge in [-0.25, -0.2) is 4.79 Å². The van der Waals surface area contributed by atoms with Gasteiger partial charge in [-0.3, -0.25) is 4.79 Å². The van der Waals surface area contributed by atoms with Crippen molar-refractivity contribution in [2.75, 3.05) is 14.2 Å². The fourth-order valence-corrected chi connectivity index (χ4v) is 2.30. The number of fused-ring (bicyclic) bond motifs is 1. The Labute approximate surface area is 116 Å². The number of carboxylic acid groups (broad SMARTS) is 1. The molecule has 5 heteroatoms. The topological polar surface area (TPSA) is 66.8 Å². The molecule has 20 heavy (non-hydrogen) atoms. The summed E-state index contributed by atoms with van der Waals surface area (Å²) in [5.41, 5.74) is 0.559. The van der Waals surface area contributed by atoms with Gasteiger partial charge in [-0.1, -0.05) is 30.3 Å². The van der Waals surface area contributed by atoms with Crippen LogP contribution < -0.4 is 4.74 Å². The van der Waals surface area contributed by atoms with E-state index in [-0.39, 0.29) is 0 Å². The molecule has 1 N–H and O–H groups in total. The fraction of sp³-hybridized carbons (Fsp3) is 0.200. The monoisotopic (exact) mass is 273 g/mol. The van der Waals surface area contributed by atoms with Gasteiger partial charge in [-0.15, -0.1) is 0 Å². The Hall–Kier alpha value is -2.56. The number of nitrogens with zero attached hydrogens (tertiary/aromatic N) is 1. The van der Waals surface area contributed by atoms with Gasteiger partial charge in [0, 0.05) is 12.4 Å². The summed E-state index contributed by atoms with van der Waals surface area (Å²) in [6.07, 6.45) is 0.512. The molecule has 0 saturated heterocycles. The predicted octanol–water partition coefficient (Wildman–Crippen LogP) is 2.06. The van der Waals surface area contributed by atoms with E-state index in [0.717, 1.165) is 15.7 Å². The summed E-state index contributed by atoms with van der Waals surface area (Å²) >= 11 is 0. The molecule has 0 radical (unpaired) electrons. The molecule has 0 aliphatic heterocycles. The molecule has 0 heterocycles. The first-order valence-electron chi connectivity index (χ1n) is 6.05. The molecule has 0 saturated carbocycles. The second kappa shape index (κ2) is 5.61. The average molecular weight is 273 g/mol. The smallest absolute Gasteiger partial charge is 0.331 e. The Morgan fingerprint density at radius 2 is 1.90 bits per heavy atom.